The third-order valence-electron chi connectivity index (χ3n) is 6.80. The molecule has 0 bridgehead atoms. The van der Waals surface area contributed by atoms with Gasteiger partial charge in [0.15, 0.2) is 0 Å². The van der Waals surface area contributed by atoms with E-state index in [0.29, 0.717) is 6.42 Å². The number of hydrogen-bond acceptors (Lipinski definition) is 2. The molecule has 0 spiro atoms. The van der Waals surface area contributed by atoms with E-state index in [1.807, 2.05) is 0 Å². The molecular formula is C26H36O2Si. The van der Waals surface area contributed by atoms with E-state index in [2.05, 4.69) is 81.4 Å². The third-order valence-corrected chi connectivity index (χ3v) is 11.8. The first-order valence-electron chi connectivity index (χ1n) is 11.1. The lowest BCUT2D eigenvalue weighted by atomic mass is 9.70. The summed E-state index contributed by atoms with van der Waals surface area (Å²) < 4.78 is 7.06. The monoisotopic (exact) mass is 408 g/mol. The van der Waals surface area contributed by atoms with Gasteiger partial charge in [0.05, 0.1) is 0 Å². The maximum absolute atomic E-state index is 11.4. The van der Waals surface area contributed by atoms with E-state index >= 15 is 0 Å². The molecule has 0 unspecified atom stereocenters. The number of hydrogen-bond donors (Lipinski definition) is 0. The van der Waals surface area contributed by atoms with Gasteiger partial charge in [-0.3, -0.25) is 0 Å². The van der Waals surface area contributed by atoms with E-state index in [0.717, 1.165) is 32.2 Å². The van der Waals surface area contributed by atoms with E-state index < -0.39 is 8.32 Å². The highest BCUT2D eigenvalue weighted by Gasteiger charge is 2.50. The largest absolute Gasteiger partial charge is 0.407 e. The van der Waals surface area contributed by atoms with Crippen LogP contribution in [0.5, 0.6) is 0 Å². The molecule has 1 aliphatic rings. The summed E-state index contributed by atoms with van der Waals surface area (Å²) in [7, 11) is -2.48. The van der Waals surface area contributed by atoms with Crippen molar-refractivity contribution in [3.8, 4) is 0 Å². The topological polar surface area (TPSA) is 26.3 Å². The fourth-order valence-corrected chi connectivity index (χ4v) is 9.78. The minimum atomic E-state index is -2.48. The molecule has 29 heavy (non-hydrogen) atoms. The number of aldehydes is 1. The Morgan fingerprint density at radius 3 is 1.86 bits per heavy atom. The Balaban J connectivity index is 1.94. The van der Waals surface area contributed by atoms with Crippen LogP contribution in [0.25, 0.3) is 0 Å². The maximum Gasteiger partial charge on any atom is 0.261 e. The molecule has 0 N–H and O–H groups in total. The van der Waals surface area contributed by atoms with Gasteiger partial charge in [0.2, 0.25) is 0 Å². The molecule has 0 amide bonds. The van der Waals surface area contributed by atoms with Crippen molar-refractivity contribution in [3.05, 3.63) is 60.7 Å². The Labute approximate surface area is 177 Å². The van der Waals surface area contributed by atoms with Gasteiger partial charge >= 0.3 is 0 Å². The zero-order chi connectivity index (χ0) is 20.8. The summed E-state index contributed by atoms with van der Waals surface area (Å²) in [6.07, 6.45) is 8.91. The molecule has 1 aliphatic carbocycles. The molecule has 2 nitrogen and oxygen atoms in total. The van der Waals surface area contributed by atoms with Gasteiger partial charge in [-0.1, -0.05) is 101 Å². The molecule has 0 aliphatic heterocycles. The second kappa shape index (κ2) is 9.40. The van der Waals surface area contributed by atoms with Crippen molar-refractivity contribution < 1.29 is 9.22 Å². The van der Waals surface area contributed by atoms with Crippen molar-refractivity contribution in [3.63, 3.8) is 0 Å². The van der Waals surface area contributed by atoms with Crippen molar-refractivity contribution in [1.29, 1.82) is 0 Å². The average Bonchev–Trinajstić information content (AvgIpc) is 2.73. The number of rotatable bonds is 8. The van der Waals surface area contributed by atoms with Crippen molar-refractivity contribution >= 4 is 25.0 Å². The van der Waals surface area contributed by atoms with E-state index in [9.17, 15) is 4.79 Å². The SMILES string of the molecule is CC(C)(C)[Si](OCCC1(CC=O)CCCCC1)(c1ccccc1)c1ccccc1. The van der Waals surface area contributed by atoms with E-state index in [4.69, 9.17) is 4.43 Å². The summed E-state index contributed by atoms with van der Waals surface area (Å²) in [4.78, 5) is 11.4. The van der Waals surface area contributed by atoms with E-state index in [1.54, 1.807) is 0 Å². The zero-order valence-corrected chi connectivity index (χ0v) is 19.3. The molecule has 0 aromatic heterocycles. The van der Waals surface area contributed by atoms with Crippen LogP contribution < -0.4 is 10.4 Å². The average molecular weight is 409 g/mol. The highest BCUT2D eigenvalue weighted by molar-refractivity contribution is 6.99. The molecule has 0 saturated heterocycles. The predicted molar refractivity (Wildman–Crippen MR) is 124 cm³/mol. The lowest BCUT2D eigenvalue weighted by molar-refractivity contribution is -0.110. The summed E-state index contributed by atoms with van der Waals surface area (Å²) >= 11 is 0. The first-order chi connectivity index (χ1) is 13.9. The van der Waals surface area contributed by atoms with Gasteiger partial charge in [-0.05, 0) is 40.1 Å². The van der Waals surface area contributed by atoms with Crippen LogP contribution in [0.3, 0.4) is 0 Å². The molecule has 3 rings (SSSR count). The fraction of sp³-hybridized carbons (Fsp3) is 0.500. The first-order valence-corrected chi connectivity index (χ1v) is 13.0. The zero-order valence-electron chi connectivity index (χ0n) is 18.3. The molecule has 0 radical (unpaired) electrons. The number of carbonyl (C=O) groups excluding carboxylic acids is 1. The summed E-state index contributed by atoms with van der Waals surface area (Å²) in [6.45, 7) is 7.68. The van der Waals surface area contributed by atoms with Gasteiger partial charge < -0.3 is 9.22 Å². The Kier molecular flexibility index (Phi) is 7.13. The highest BCUT2D eigenvalue weighted by atomic mass is 28.4. The summed E-state index contributed by atoms with van der Waals surface area (Å²) in [6, 6.07) is 21.6. The Morgan fingerprint density at radius 2 is 1.41 bits per heavy atom. The smallest absolute Gasteiger partial charge is 0.261 e. The van der Waals surface area contributed by atoms with Gasteiger partial charge in [-0.15, -0.1) is 0 Å². The minimum absolute atomic E-state index is 0.0000932. The first kappa shape index (κ1) is 22.0. The van der Waals surface area contributed by atoms with Crippen LogP contribution in [-0.4, -0.2) is 21.2 Å². The Bertz CT molecular complexity index is 719. The van der Waals surface area contributed by atoms with Gasteiger partial charge in [0, 0.05) is 13.0 Å². The lowest BCUT2D eigenvalue weighted by Gasteiger charge is -2.44. The molecule has 1 fully saturated rings. The Morgan fingerprint density at radius 1 is 0.897 bits per heavy atom. The quantitative estimate of drug-likeness (QED) is 0.426. The van der Waals surface area contributed by atoms with Crippen molar-refractivity contribution in [2.24, 2.45) is 5.41 Å². The number of carbonyl (C=O) groups is 1. The number of benzene rings is 2. The summed E-state index contributed by atoms with van der Waals surface area (Å²) in [5.41, 5.74) is 0.144. The maximum atomic E-state index is 11.4. The minimum Gasteiger partial charge on any atom is -0.407 e. The lowest BCUT2D eigenvalue weighted by Crippen LogP contribution is -2.66. The molecule has 1 saturated carbocycles. The molecule has 2 aromatic carbocycles. The van der Waals surface area contributed by atoms with Crippen LogP contribution in [-0.2, 0) is 9.22 Å². The van der Waals surface area contributed by atoms with Crippen molar-refractivity contribution in [2.75, 3.05) is 6.61 Å². The molecule has 0 heterocycles. The van der Waals surface area contributed by atoms with Crippen molar-refractivity contribution in [1.82, 2.24) is 0 Å². The Hall–Kier alpha value is -1.71. The summed E-state index contributed by atoms with van der Waals surface area (Å²) in [5, 5.41) is 2.65. The second-order valence-corrected chi connectivity index (χ2v) is 14.0. The van der Waals surface area contributed by atoms with E-state index in [1.165, 1.54) is 29.6 Å². The second-order valence-electron chi connectivity index (χ2n) is 9.69. The van der Waals surface area contributed by atoms with Crippen LogP contribution in [0.2, 0.25) is 5.04 Å². The van der Waals surface area contributed by atoms with Crippen molar-refractivity contribution in [2.45, 2.75) is 70.8 Å². The fourth-order valence-electron chi connectivity index (χ4n) is 5.22. The van der Waals surface area contributed by atoms with Crippen LogP contribution in [0, 0.1) is 5.41 Å². The summed E-state index contributed by atoms with van der Waals surface area (Å²) in [5.74, 6) is 0. The normalized spacial score (nSPS) is 17.1. The standard InChI is InChI=1S/C26H36O2Si/c1-25(2,3)29(23-13-7-4-8-14-23,24-15-9-5-10-16-24)28-22-20-26(19-21-27)17-11-6-12-18-26/h4-5,7-10,13-16,21H,6,11-12,17-20,22H2,1-3H3. The molecule has 2 aromatic rings. The molecule has 0 atom stereocenters. The predicted octanol–water partition coefficient (Wildman–Crippen LogP) is 5.49. The van der Waals surface area contributed by atoms with Gasteiger partial charge in [0.1, 0.15) is 6.29 Å². The van der Waals surface area contributed by atoms with Gasteiger partial charge in [-0.2, -0.15) is 0 Å². The third kappa shape index (κ3) is 4.72. The highest BCUT2D eigenvalue weighted by Crippen LogP contribution is 2.43. The van der Waals surface area contributed by atoms with Crippen LogP contribution >= 0.6 is 0 Å². The molecule has 3 heteroatoms. The van der Waals surface area contributed by atoms with Gasteiger partial charge in [-0.25, -0.2) is 0 Å². The molecule has 156 valence electrons. The van der Waals surface area contributed by atoms with E-state index in [-0.39, 0.29) is 10.5 Å². The van der Waals surface area contributed by atoms with Crippen LogP contribution in [0.15, 0.2) is 60.7 Å². The molecular weight excluding hydrogens is 372 g/mol. The van der Waals surface area contributed by atoms with Crippen LogP contribution in [0.1, 0.15) is 65.7 Å². The van der Waals surface area contributed by atoms with Gasteiger partial charge in [0.25, 0.3) is 8.32 Å². The van der Waals surface area contributed by atoms with Crippen LogP contribution in [0.4, 0.5) is 0 Å².